The van der Waals surface area contributed by atoms with Crippen LogP contribution >= 0.6 is 11.3 Å². The van der Waals surface area contributed by atoms with Gasteiger partial charge in [0.15, 0.2) is 0 Å². The zero-order chi connectivity index (χ0) is 12.0. The van der Waals surface area contributed by atoms with Gasteiger partial charge in [0.25, 0.3) is 0 Å². The Hall–Kier alpha value is -0.680. The van der Waals surface area contributed by atoms with Gasteiger partial charge in [0, 0.05) is 6.04 Å². The van der Waals surface area contributed by atoms with E-state index in [1.807, 2.05) is 0 Å². The first-order chi connectivity index (χ1) is 7.63. The minimum Gasteiger partial charge on any atom is -0.374 e. The highest BCUT2D eigenvalue weighted by Crippen LogP contribution is 2.15. The molecule has 0 aliphatic heterocycles. The van der Waals surface area contributed by atoms with Crippen LogP contribution in [0.4, 0.5) is 5.13 Å². The number of nitrogen functional groups attached to an aromatic ring is 1. The molecule has 1 heterocycles. The average Bonchev–Trinajstić information content (AvgIpc) is 2.63. The summed E-state index contributed by atoms with van der Waals surface area (Å²) in [6, 6.07) is 0.544. The van der Waals surface area contributed by atoms with Crippen molar-refractivity contribution in [3.63, 3.8) is 0 Å². The first kappa shape index (κ1) is 13.4. The summed E-state index contributed by atoms with van der Waals surface area (Å²) < 4.78 is 0. The summed E-state index contributed by atoms with van der Waals surface area (Å²) in [5.41, 5.74) is 5.58. The van der Waals surface area contributed by atoms with E-state index in [1.54, 1.807) is 0 Å². The lowest BCUT2D eigenvalue weighted by molar-refractivity contribution is 0.208. The molecule has 0 spiro atoms. The van der Waals surface area contributed by atoms with Crippen LogP contribution in [0.5, 0.6) is 0 Å². The molecule has 5 heteroatoms. The minimum absolute atomic E-state index is 0.544. The molecule has 0 atom stereocenters. The van der Waals surface area contributed by atoms with E-state index in [0.717, 1.165) is 18.1 Å². The molecule has 1 rings (SSSR count). The third-order valence-electron chi connectivity index (χ3n) is 2.60. The highest BCUT2D eigenvalue weighted by molar-refractivity contribution is 7.15. The number of rotatable bonds is 7. The maximum Gasteiger partial charge on any atom is 0.203 e. The standard InChI is InChI=1S/C11H22N4S/c1-4-5-6-7-15(9(2)3)8-10-13-14-11(12)16-10/h9H,4-8H2,1-3H3,(H2,12,14). The second-order valence-corrected chi connectivity index (χ2v) is 5.40. The molecule has 0 aliphatic rings. The van der Waals surface area contributed by atoms with Gasteiger partial charge in [0.2, 0.25) is 5.13 Å². The van der Waals surface area contributed by atoms with Gasteiger partial charge in [-0.1, -0.05) is 31.1 Å². The van der Waals surface area contributed by atoms with E-state index in [0.29, 0.717) is 11.2 Å². The molecule has 0 saturated carbocycles. The van der Waals surface area contributed by atoms with Gasteiger partial charge in [-0.2, -0.15) is 0 Å². The fourth-order valence-electron chi connectivity index (χ4n) is 1.59. The zero-order valence-corrected chi connectivity index (χ0v) is 11.3. The molecule has 0 unspecified atom stereocenters. The van der Waals surface area contributed by atoms with Crippen LogP contribution < -0.4 is 5.73 Å². The van der Waals surface area contributed by atoms with E-state index in [-0.39, 0.29) is 0 Å². The summed E-state index contributed by atoms with van der Waals surface area (Å²) in [5.74, 6) is 0. The Morgan fingerprint density at radius 2 is 2.06 bits per heavy atom. The Labute approximate surface area is 102 Å². The van der Waals surface area contributed by atoms with E-state index in [4.69, 9.17) is 5.73 Å². The molecule has 0 bridgehead atoms. The number of nitrogens with zero attached hydrogens (tertiary/aromatic N) is 3. The van der Waals surface area contributed by atoms with Gasteiger partial charge in [0.05, 0.1) is 6.54 Å². The van der Waals surface area contributed by atoms with Crippen LogP contribution in [-0.4, -0.2) is 27.7 Å². The number of hydrogen-bond acceptors (Lipinski definition) is 5. The molecule has 0 aliphatic carbocycles. The smallest absolute Gasteiger partial charge is 0.203 e. The summed E-state index contributed by atoms with van der Waals surface area (Å²) in [6.07, 6.45) is 3.81. The van der Waals surface area contributed by atoms with Crippen molar-refractivity contribution in [2.75, 3.05) is 12.3 Å². The van der Waals surface area contributed by atoms with Gasteiger partial charge in [-0.15, -0.1) is 10.2 Å². The van der Waals surface area contributed by atoms with Crippen molar-refractivity contribution in [3.05, 3.63) is 5.01 Å². The Kier molecular flexibility index (Phi) is 5.69. The van der Waals surface area contributed by atoms with Crippen molar-refractivity contribution in [2.45, 2.75) is 52.6 Å². The molecule has 0 amide bonds. The van der Waals surface area contributed by atoms with Crippen molar-refractivity contribution < 1.29 is 0 Å². The van der Waals surface area contributed by atoms with E-state index >= 15 is 0 Å². The lowest BCUT2D eigenvalue weighted by Crippen LogP contribution is -2.31. The van der Waals surface area contributed by atoms with Crippen LogP contribution in [0.25, 0.3) is 0 Å². The Balaban J connectivity index is 2.44. The third kappa shape index (κ3) is 4.45. The van der Waals surface area contributed by atoms with E-state index in [9.17, 15) is 0 Å². The monoisotopic (exact) mass is 242 g/mol. The van der Waals surface area contributed by atoms with Crippen LogP contribution in [0, 0.1) is 0 Å². The van der Waals surface area contributed by atoms with E-state index < -0.39 is 0 Å². The number of aromatic nitrogens is 2. The van der Waals surface area contributed by atoms with Crippen LogP contribution in [0.15, 0.2) is 0 Å². The minimum atomic E-state index is 0.544. The number of anilines is 1. The largest absolute Gasteiger partial charge is 0.374 e. The molecule has 0 radical (unpaired) electrons. The lowest BCUT2D eigenvalue weighted by Gasteiger charge is -2.25. The average molecular weight is 242 g/mol. The molecule has 16 heavy (non-hydrogen) atoms. The second kappa shape index (κ2) is 6.81. The quantitative estimate of drug-likeness (QED) is 0.746. The fraction of sp³-hybridized carbons (Fsp3) is 0.818. The van der Waals surface area contributed by atoms with Crippen molar-refractivity contribution in [3.8, 4) is 0 Å². The molecule has 4 nitrogen and oxygen atoms in total. The molecule has 92 valence electrons. The molecule has 0 aromatic carbocycles. The highest BCUT2D eigenvalue weighted by atomic mass is 32.1. The van der Waals surface area contributed by atoms with E-state index in [2.05, 4.69) is 35.9 Å². The SMILES string of the molecule is CCCCCN(Cc1nnc(N)s1)C(C)C. The van der Waals surface area contributed by atoms with Gasteiger partial charge >= 0.3 is 0 Å². The summed E-state index contributed by atoms with van der Waals surface area (Å²) >= 11 is 1.49. The topological polar surface area (TPSA) is 55.0 Å². The van der Waals surface area contributed by atoms with Crippen LogP contribution in [0.1, 0.15) is 45.0 Å². The van der Waals surface area contributed by atoms with E-state index in [1.165, 1.54) is 30.6 Å². The summed E-state index contributed by atoms with van der Waals surface area (Å²) in [6.45, 7) is 8.67. The molecule has 1 aromatic heterocycles. The first-order valence-corrected chi connectivity index (χ1v) is 6.77. The summed E-state index contributed by atoms with van der Waals surface area (Å²) in [5, 5.41) is 9.49. The molecule has 0 fully saturated rings. The van der Waals surface area contributed by atoms with Crippen molar-refractivity contribution in [1.29, 1.82) is 0 Å². The molecule has 2 N–H and O–H groups in total. The molecule has 0 saturated heterocycles. The Bertz CT molecular complexity index is 298. The van der Waals surface area contributed by atoms with Gasteiger partial charge in [0.1, 0.15) is 5.01 Å². The van der Waals surface area contributed by atoms with Crippen LogP contribution in [0.3, 0.4) is 0 Å². The predicted octanol–water partition coefficient (Wildman–Crippen LogP) is 2.52. The van der Waals surface area contributed by atoms with Crippen molar-refractivity contribution in [1.82, 2.24) is 15.1 Å². The fourth-order valence-corrected chi connectivity index (χ4v) is 2.22. The van der Waals surface area contributed by atoms with Crippen LogP contribution in [-0.2, 0) is 6.54 Å². The first-order valence-electron chi connectivity index (χ1n) is 5.95. The van der Waals surface area contributed by atoms with Gasteiger partial charge in [-0.05, 0) is 26.8 Å². The normalized spacial score (nSPS) is 11.6. The Morgan fingerprint density at radius 3 is 2.56 bits per heavy atom. The second-order valence-electron chi connectivity index (χ2n) is 4.31. The van der Waals surface area contributed by atoms with Crippen LogP contribution in [0.2, 0.25) is 0 Å². The number of unbranched alkanes of at least 4 members (excludes halogenated alkanes) is 2. The summed E-state index contributed by atoms with van der Waals surface area (Å²) in [7, 11) is 0. The zero-order valence-electron chi connectivity index (χ0n) is 10.4. The van der Waals surface area contributed by atoms with Crippen molar-refractivity contribution in [2.24, 2.45) is 0 Å². The number of hydrogen-bond donors (Lipinski definition) is 1. The van der Waals surface area contributed by atoms with Crippen molar-refractivity contribution >= 4 is 16.5 Å². The third-order valence-corrected chi connectivity index (χ3v) is 3.34. The van der Waals surface area contributed by atoms with Gasteiger partial charge in [-0.3, -0.25) is 4.90 Å². The maximum atomic E-state index is 5.58. The molecular formula is C11H22N4S. The Morgan fingerprint density at radius 1 is 1.31 bits per heavy atom. The maximum absolute atomic E-state index is 5.58. The van der Waals surface area contributed by atoms with Gasteiger partial charge < -0.3 is 5.73 Å². The predicted molar refractivity (Wildman–Crippen MR) is 69.4 cm³/mol. The molecule has 1 aromatic rings. The highest BCUT2D eigenvalue weighted by Gasteiger charge is 2.12. The summed E-state index contributed by atoms with van der Waals surface area (Å²) in [4.78, 5) is 2.43. The van der Waals surface area contributed by atoms with Gasteiger partial charge in [-0.25, -0.2) is 0 Å². The lowest BCUT2D eigenvalue weighted by atomic mass is 10.2. The number of nitrogens with two attached hydrogens (primary N) is 1. The molecular weight excluding hydrogens is 220 g/mol.